The molecular formula is C23H29NO6S2. The number of ether oxygens (including phenoxy) is 1. The van der Waals surface area contributed by atoms with Gasteiger partial charge in [0.05, 0.1) is 28.1 Å². The Kier molecular flexibility index (Phi) is 7.74. The van der Waals surface area contributed by atoms with Crippen molar-refractivity contribution in [2.24, 2.45) is 5.92 Å². The molecule has 0 aromatic heterocycles. The Morgan fingerprint density at radius 2 is 1.59 bits per heavy atom. The van der Waals surface area contributed by atoms with E-state index in [0.717, 1.165) is 11.1 Å². The van der Waals surface area contributed by atoms with E-state index < -0.39 is 25.8 Å². The van der Waals surface area contributed by atoms with Crippen molar-refractivity contribution in [1.82, 2.24) is 4.31 Å². The van der Waals surface area contributed by atoms with E-state index in [1.54, 1.807) is 48.5 Å². The van der Waals surface area contributed by atoms with Gasteiger partial charge in [-0.15, -0.1) is 0 Å². The minimum Gasteiger partial charge on any atom is -0.465 e. The van der Waals surface area contributed by atoms with E-state index >= 15 is 0 Å². The topological polar surface area (TPSA) is 97.8 Å². The highest BCUT2D eigenvalue weighted by Crippen LogP contribution is 2.26. The highest BCUT2D eigenvalue weighted by molar-refractivity contribution is 7.91. The van der Waals surface area contributed by atoms with Crippen LogP contribution in [0.15, 0.2) is 58.3 Å². The lowest BCUT2D eigenvalue weighted by Gasteiger charge is -2.30. The highest BCUT2D eigenvalue weighted by atomic mass is 32.2. The zero-order chi connectivity index (χ0) is 23.4. The molecule has 0 bridgehead atoms. The third-order valence-corrected chi connectivity index (χ3v) is 9.52. The summed E-state index contributed by atoms with van der Waals surface area (Å²) in [5.74, 6) is -0.881. The molecule has 0 N–H and O–H groups in total. The number of sulfone groups is 1. The fourth-order valence-corrected chi connectivity index (χ4v) is 6.50. The summed E-state index contributed by atoms with van der Waals surface area (Å²) in [4.78, 5) is 12.9. The standard InChI is InChI=1S/C23H29NO6S2/c1-18-9-10-22(17-19(18)2)32(28,29)24-13-11-20(12-14-24)23(25)30-15-6-16-31(26,27)21-7-4-3-5-8-21/h3-5,7-10,17,20H,6,11-16H2,1-2H3. The van der Waals surface area contributed by atoms with Crippen molar-refractivity contribution in [3.8, 4) is 0 Å². The number of aryl methyl sites for hydroxylation is 2. The molecule has 0 atom stereocenters. The number of carbonyl (C=O) groups excluding carboxylic acids is 1. The Hall–Kier alpha value is -2.23. The molecule has 9 heteroatoms. The zero-order valence-electron chi connectivity index (χ0n) is 18.4. The van der Waals surface area contributed by atoms with E-state index in [1.165, 1.54) is 4.31 Å². The molecule has 32 heavy (non-hydrogen) atoms. The van der Waals surface area contributed by atoms with Crippen LogP contribution in [0.25, 0.3) is 0 Å². The van der Waals surface area contributed by atoms with E-state index in [2.05, 4.69) is 0 Å². The van der Waals surface area contributed by atoms with Gasteiger partial charge in [-0.25, -0.2) is 16.8 Å². The van der Waals surface area contributed by atoms with Crippen LogP contribution in [0.1, 0.15) is 30.4 Å². The van der Waals surface area contributed by atoms with Gasteiger partial charge in [-0.2, -0.15) is 4.31 Å². The summed E-state index contributed by atoms with van der Waals surface area (Å²) in [7, 11) is -7.00. The van der Waals surface area contributed by atoms with Crippen molar-refractivity contribution >= 4 is 25.8 Å². The van der Waals surface area contributed by atoms with Gasteiger partial charge in [0.15, 0.2) is 9.84 Å². The fourth-order valence-electron chi connectivity index (χ4n) is 3.64. The van der Waals surface area contributed by atoms with Gasteiger partial charge in [0.25, 0.3) is 0 Å². The number of nitrogens with zero attached hydrogens (tertiary/aromatic N) is 1. The number of hydrogen-bond donors (Lipinski definition) is 0. The van der Waals surface area contributed by atoms with Crippen LogP contribution >= 0.6 is 0 Å². The Morgan fingerprint density at radius 1 is 0.938 bits per heavy atom. The van der Waals surface area contributed by atoms with Gasteiger partial charge in [0.2, 0.25) is 10.0 Å². The maximum atomic E-state index is 12.9. The Morgan fingerprint density at radius 3 is 2.22 bits per heavy atom. The highest BCUT2D eigenvalue weighted by Gasteiger charge is 2.33. The summed E-state index contributed by atoms with van der Waals surface area (Å²) >= 11 is 0. The van der Waals surface area contributed by atoms with Crippen LogP contribution in [0.5, 0.6) is 0 Å². The molecule has 3 rings (SSSR count). The second kappa shape index (κ2) is 10.1. The molecule has 7 nitrogen and oxygen atoms in total. The molecular weight excluding hydrogens is 450 g/mol. The minimum absolute atomic E-state index is 0.0199. The molecule has 0 unspecified atom stereocenters. The summed E-state index contributed by atoms with van der Waals surface area (Å²) in [5, 5.41) is 0. The maximum Gasteiger partial charge on any atom is 0.309 e. The number of sulfonamides is 1. The zero-order valence-corrected chi connectivity index (χ0v) is 20.0. The van der Waals surface area contributed by atoms with Gasteiger partial charge < -0.3 is 4.74 Å². The third kappa shape index (κ3) is 5.76. The summed E-state index contributed by atoms with van der Waals surface area (Å²) in [5.41, 5.74) is 1.95. The van der Waals surface area contributed by atoms with Crippen LogP contribution in [0.3, 0.4) is 0 Å². The Bertz CT molecular complexity index is 1150. The van der Waals surface area contributed by atoms with E-state index in [0.29, 0.717) is 12.8 Å². The predicted octanol–water partition coefficient (Wildman–Crippen LogP) is 3.11. The molecule has 0 amide bonds. The first-order valence-electron chi connectivity index (χ1n) is 10.6. The van der Waals surface area contributed by atoms with Crippen LogP contribution in [-0.4, -0.2) is 52.6 Å². The number of piperidine rings is 1. The average molecular weight is 480 g/mol. The monoisotopic (exact) mass is 479 g/mol. The van der Waals surface area contributed by atoms with Crippen molar-refractivity contribution in [2.45, 2.75) is 42.9 Å². The van der Waals surface area contributed by atoms with Crippen molar-refractivity contribution in [3.05, 3.63) is 59.7 Å². The first-order valence-corrected chi connectivity index (χ1v) is 13.7. The van der Waals surface area contributed by atoms with Gasteiger partial charge in [-0.3, -0.25) is 4.79 Å². The normalized spacial score (nSPS) is 16.1. The molecule has 1 saturated heterocycles. The molecule has 2 aromatic carbocycles. The van der Waals surface area contributed by atoms with Gasteiger partial charge in [0, 0.05) is 13.1 Å². The first kappa shape index (κ1) is 24.4. The predicted molar refractivity (Wildman–Crippen MR) is 121 cm³/mol. The van der Waals surface area contributed by atoms with Crippen LogP contribution in [0.4, 0.5) is 0 Å². The van der Waals surface area contributed by atoms with Crippen molar-refractivity contribution < 1.29 is 26.4 Å². The Balaban J connectivity index is 1.46. The SMILES string of the molecule is Cc1ccc(S(=O)(=O)N2CCC(C(=O)OCCCS(=O)(=O)c3ccccc3)CC2)cc1C. The molecule has 1 aliphatic rings. The van der Waals surface area contributed by atoms with Crippen molar-refractivity contribution in [1.29, 1.82) is 0 Å². The smallest absolute Gasteiger partial charge is 0.309 e. The number of carbonyl (C=O) groups is 1. The maximum absolute atomic E-state index is 12.9. The van der Waals surface area contributed by atoms with Crippen LogP contribution in [0.2, 0.25) is 0 Å². The van der Waals surface area contributed by atoms with Gasteiger partial charge in [-0.05, 0) is 68.5 Å². The summed E-state index contributed by atoms with van der Waals surface area (Å²) < 4.78 is 57.0. The number of rotatable bonds is 8. The molecule has 1 heterocycles. The summed E-state index contributed by atoms with van der Waals surface area (Å²) in [6.45, 7) is 4.32. The number of esters is 1. The lowest BCUT2D eigenvalue weighted by molar-refractivity contribution is -0.149. The largest absolute Gasteiger partial charge is 0.465 e. The molecule has 1 aliphatic heterocycles. The third-order valence-electron chi connectivity index (χ3n) is 5.81. The van der Waals surface area contributed by atoms with E-state index in [9.17, 15) is 21.6 Å². The average Bonchev–Trinajstić information content (AvgIpc) is 2.79. The number of benzene rings is 2. The summed E-state index contributed by atoms with van der Waals surface area (Å²) in [6, 6.07) is 13.3. The van der Waals surface area contributed by atoms with E-state index in [1.807, 2.05) is 13.8 Å². The van der Waals surface area contributed by atoms with Crippen LogP contribution in [0, 0.1) is 19.8 Å². The second-order valence-electron chi connectivity index (χ2n) is 8.08. The van der Waals surface area contributed by atoms with Gasteiger partial charge in [0.1, 0.15) is 0 Å². The molecule has 1 fully saturated rings. The molecule has 0 spiro atoms. The van der Waals surface area contributed by atoms with Crippen LogP contribution in [-0.2, 0) is 29.4 Å². The van der Waals surface area contributed by atoms with Gasteiger partial charge in [-0.1, -0.05) is 24.3 Å². The second-order valence-corrected chi connectivity index (χ2v) is 12.1. The molecule has 0 saturated carbocycles. The Labute approximate surface area is 190 Å². The molecule has 0 aliphatic carbocycles. The van der Waals surface area contributed by atoms with Gasteiger partial charge >= 0.3 is 5.97 Å². The van der Waals surface area contributed by atoms with E-state index in [4.69, 9.17) is 4.74 Å². The van der Waals surface area contributed by atoms with Crippen LogP contribution < -0.4 is 0 Å². The number of hydrogen-bond acceptors (Lipinski definition) is 6. The van der Waals surface area contributed by atoms with Crippen molar-refractivity contribution in [2.75, 3.05) is 25.4 Å². The molecule has 0 radical (unpaired) electrons. The summed E-state index contributed by atoms with van der Waals surface area (Å²) in [6.07, 6.45) is 0.972. The molecule has 2 aromatic rings. The lowest BCUT2D eigenvalue weighted by Crippen LogP contribution is -2.40. The molecule has 174 valence electrons. The van der Waals surface area contributed by atoms with E-state index in [-0.39, 0.29) is 47.6 Å². The quantitative estimate of drug-likeness (QED) is 0.426. The minimum atomic E-state index is -3.60. The fraction of sp³-hybridized carbons (Fsp3) is 0.435. The van der Waals surface area contributed by atoms with Crippen molar-refractivity contribution in [3.63, 3.8) is 0 Å². The lowest BCUT2D eigenvalue weighted by atomic mass is 9.98. The first-order chi connectivity index (χ1) is 15.1.